The third-order valence-corrected chi connectivity index (χ3v) is 4.62. The predicted molar refractivity (Wildman–Crippen MR) is 89.6 cm³/mol. The molecule has 5 heteroatoms. The summed E-state index contributed by atoms with van der Waals surface area (Å²) in [5.41, 5.74) is 2.19. The number of amides is 1. The molecule has 0 bridgehead atoms. The van der Waals surface area contributed by atoms with Crippen molar-refractivity contribution in [3.63, 3.8) is 0 Å². The lowest BCUT2D eigenvalue weighted by atomic mass is 10.00. The first-order valence-electron chi connectivity index (χ1n) is 7.44. The largest absolute Gasteiger partial charge is 0.507 e. The second-order valence-corrected chi connectivity index (χ2v) is 6.84. The van der Waals surface area contributed by atoms with Crippen LogP contribution in [0.1, 0.15) is 66.2 Å². The van der Waals surface area contributed by atoms with E-state index in [0.29, 0.717) is 23.9 Å². The van der Waals surface area contributed by atoms with Crippen molar-refractivity contribution in [2.75, 3.05) is 0 Å². The summed E-state index contributed by atoms with van der Waals surface area (Å²) in [5, 5.41) is 15.7. The van der Waals surface area contributed by atoms with Crippen molar-refractivity contribution < 1.29 is 9.90 Å². The molecule has 4 nitrogen and oxygen atoms in total. The van der Waals surface area contributed by atoms with E-state index in [9.17, 15) is 9.90 Å². The van der Waals surface area contributed by atoms with Gasteiger partial charge in [-0.1, -0.05) is 33.8 Å². The first-order chi connectivity index (χ1) is 10.4. The highest BCUT2D eigenvalue weighted by atomic mass is 32.1. The normalized spacial score (nSPS) is 11.2. The number of nitrogens with zero attached hydrogens (tertiary/aromatic N) is 1. The molecular weight excluding hydrogens is 296 g/mol. The van der Waals surface area contributed by atoms with Crippen LogP contribution in [0.2, 0.25) is 0 Å². The van der Waals surface area contributed by atoms with Crippen LogP contribution in [0.15, 0.2) is 23.6 Å². The Morgan fingerprint density at radius 1 is 1.27 bits per heavy atom. The third kappa shape index (κ3) is 3.85. The quantitative estimate of drug-likeness (QED) is 0.875. The summed E-state index contributed by atoms with van der Waals surface area (Å²) >= 11 is 1.60. The van der Waals surface area contributed by atoms with Crippen LogP contribution in [0.4, 0.5) is 0 Å². The number of thiazole rings is 1. The summed E-state index contributed by atoms with van der Waals surface area (Å²) in [4.78, 5) is 16.7. The van der Waals surface area contributed by atoms with E-state index in [4.69, 9.17) is 0 Å². The average Bonchev–Trinajstić information content (AvgIpc) is 2.94. The van der Waals surface area contributed by atoms with E-state index in [1.54, 1.807) is 23.5 Å². The molecular formula is C17H22N2O2S. The molecule has 118 valence electrons. The molecule has 0 atom stereocenters. The molecule has 0 aliphatic rings. The minimum Gasteiger partial charge on any atom is -0.507 e. The zero-order valence-electron chi connectivity index (χ0n) is 13.4. The maximum atomic E-state index is 12.3. The number of nitrogens with one attached hydrogen (secondary N) is 1. The number of carbonyl (C=O) groups excluding carboxylic acids is 1. The van der Waals surface area contributed by atoms with E-state index in [2.05, 4.69) is 38.0 Å². The van der Waals surface area contributed by atoms with Crippen molar-refractivity contribution in [2.45, 2.75) is 46.1 Å². The lowest BCUT2D eigenvalue weighted by molar-refractivity contribution is 0.0947. The number of aromatic hydroxyl groups is 1. The van der Waals surface area contributed by atoms with Gasteiger partial charge in [-0.3, -0.25) is 4.79 Å². The Bertz CT molecular complexity index is 662. The molecule has 2 rings (SSSR count). The van der Waals surface area contributed by atoms with Crippen LogP contribution in [0.5, 0.6) is 5.75 Å². The van der Waals surface area contributed by atoms with Crippen molar-refractivity contribution in [1.29, 1.82) is 0 Å². The summed E-state index contributed by atoms with van der Waals surface area (Å²) in [6.07, 6.45) is 0. The highest BCUT2D eigenvalue weighted by Crippen LogP contribution is 2.23. The van der Waals surface area contributed by atoms with Gasteiger partial charge in [0.15, 0.2) is 0 Å². The number of phenols is 1. The van der Waals surface area contributed by atoms with E-state index in [1.807, 2.05) is 11.4 Å². The van der Waals surface area contributed by atoms with E-state index in [-0.39, 0.29) is 11.7 Å². The molecule has 0 saturated heterocycles. The maximum Gasteiger partial charge on any atom is 0.255 e. The molecule has 0 saturated carbocycles. The Morgan fingerprint density at radius 3 is 2.59 bits per heavy atom. The van der Waals surface area contributed by atoms with Crippen LogP contribution in [-0.4, -0.2) is 16.0 Å². The van der Waals surface area contributed by atoms with Crippen LogP contribution in [0, 0.1) is 0 Å². The van der Waals surface area contributed by atoms with Gasteiger partial charge in [0.1, 0.15) is 5.75 Å². The number of phenolic OH excluding ortho intramolecular Hbond substituents is 1. The van der Waals surface area contributed by atoms with Crippen LogP contribution in [0.25, 0.3) is 0 Å². The van der Waals surface area contributed by atoms with Crippen LogP contribution in [-0.2, 0) is 6.54 Å². The molecule has 1 amide bonds. The molecule has 22 heavy (non-hydrogen) atoms. The summed E-state index contributed by atoms with van der Waals surface area (Å²) in [5.74, 6) is 0.419. The average molecular weight is 318 g/mol. The molecule has 1 heterocycles. The fraction of sp³-hybridized carbons (Fsp3) is 0.412. The number of hydrogen-bond acceptors (Lipinski definition) is 4. The second-order valence-electron chi connectivity index (χ2n) is 5.95. The zero-order valence-corrected chi connectivity index (χ0v) is 14.2. The first-order valence-corrected chi connectivity index (χ1v) is 8.31. The summed E-state index contributed by atoms with van der Waals surface area (Å²) in [7, 11) is 0. The molecule has 0 aliphatic carbocycles. The van der Waals surface area contributed by atoms with Crippen molar-refractivity contribution >= 4 is 17.2 Å². The number of aromatic nitrogens is 1. The minimum absolute atomic E-state index is 0.00282. The Labute approximate surface area is 135 Å². The fourth-order valence-electron chi connectivity index (χ4n) is 2.03. The van der Waals surface area contributed by atoms with Gasteiger partial charge in [-0.2, -0.15) is 0 Å². The summed E-state index contributed by atoms with van der Waals surface area (Å²) in [6.45, 7) is 8.66. The Hall–Kier alpha value is -1.88. The lowest BCUT2D eigenvalue weighted by Gasteiger charge is -2.10. The topological polar surface area (TPSA) is 62.2 Å². The van der Waals surface area contributed by atoms with E-state index in [1.165, 1.54) is 0 Å². The number of rotatable bonds is 5. The first kappa shape index (κ1) is 16.5. The van der Waals surface area contributed by atoms with Crippen LogP contribution < -0.4 is 5.32 Å². The van der Waals surface area contributed by atoms with Gasteiger partial charge in [-0.25, -0.2) is 4.98 Å². The lowest BCUT2D eigenvalue weighted by Crippen LogP contribution is -2.23. The van der Waals surface area contributed by atoms with E-state index >= 15 is 0 Å². The van der Waals surface area contributed by atoms with Crippen molar-refractivity contribution in [3.8, 4) is 5.75 Å². The smallest absolute Gasteiger partial charge is 0.255 e. The van der Waals surface area contributed by atoms with Gasteiger partial charge in [0.25, 0.3) is 5.91 Å². The zero-order chi connectivity index (χ0) is 16.3. The Morgan fingerprint density at radius 2 is 2.00 bits per heavy atom. The molecule has 0 spiro atoms. The van der Waals surface area contributed by atoms with Gasteiger partial charge in [0, 0.05) is 11.3 Å². The van der Waals surface area contributed by atoms with Crippen molar-refractivity contribution in [3.05, 3.63) is 45.4 Å². The van der Waals surface area contributed by atoms with Gasteiger partial charge < -0.3 is 10.4 Å². The van der Waals surface area contributed by atoms with E-state index < -0.39 is 0 Å². The Balaban J connectivity index is 2.07. The molecule has 0 aliphatic heterocycles. The highest BCUT2D eigenvalue weighted by molar-refractivity contribution is 7.09. The molecule has 0 unspecified atom stereocenters. The molecule has 2 N–H and O–H groups in total. The predicted octanol–water partition coefficient (Wildman–Crippen LogP) is 4.03. The summed E-state index contributed by atoms with van der Waals surface area (Å²) < 4.78 is 0. The number of carbonyl (C=O) groups is 1. The summed E-state index contributed by atoms with van der Waals surface area (Å²) in [6, 6.07) is 5.16. The molecule has 0 radical (unpaired) electrons. The molecule has 1 aromatic carbocycles. The SMILES string of the molecule is CC(C)c1ccc(O)c(C(=O)NCc2csc(C(C)C)n2)c1. The van der Waals surface area contributed by atoms with Gasteiger partial charge in [-0.15, -0.1) is 11.3 Å². The number of benzene rings is 1. The van der Waals surface area contributed by atoms with Gasteiger partial charge >= 0.3 is 0 Å². The highest BCUT2D eigenvalue weighted by Gasteiger charge is 2.14. The van der Waals surface area contributed by atoms with Gasteiger partial charge in [0.05, 0.1) is 22.8 Å². The number of hydrogen-bond donors (Lipinski definition) is 2. The van der Waals surface area contributed by atoms with Gasteiger partial charge in [0.2, 0.25) is 0 Å². The van der Waals surface area contributed by atoms with Crippen LogP contribution >= 0.6 is 11.3 Å². The monoisotopic (exact) mass is 318 g/mol. The molecule has 2 aromatic rings. The Kier molecular flexibility index (Phi) is 5.19. The van der Waals surface area contributed by atoms with Crippen molar-refractivity contribution in [1.82, 2.24) is 10.3 Å². The fourth-order valence-corrected chi connectivity index (χ4v) is 2.86. The van der Waals surface area contributed by atoms with Crippen molar-refractivity contribution in [2.24, 2.45) is 0 Å². The second kappa shape index (κ2) is 6.92. The standard InChI is InChI=1S/C17H22N2O2S/c1-10(2)12-5-6-15(20)14(7-12)16(21)18-8-13-9-22-17(19-13)11(3)4/h5-7,9-11,20H,8H2,1-4H3,(H,18,21). The molecule has 0 fully saturated rings. The minimum atomic E-state index is -0.279. The van der Waals surface area contributed by atoms with E-state index in [0.717, 1.165) is 16.3 Å². The van der Waals surface area contributed by atoms with Crippen LogP contribution in [0.3, 0.4) is 0 Å². The molecule has 1 aromatic heterocycles. The maximum absolute atomic E-state index is 12.3. The van der Waals surface area contributed by atoms with Gasteiger partial charge in [-0.05, 0) is 23.6 Å². The third-order valence-electron chi connectivity index (χ3n) is 3.43.